The molecule has 4 aliphatic rings. The van der Waals surface area contributed by atoms with Crippen molar-refractivity contribution in [1.29, 1.82) is 0 Å². The van der Waals surface area contributed by atoms with E-state index in [2.05, 4.69) is 56.5 Å². The molecule has 0 unspecified atom stereocenters. The molecular weight excluding hydrogens is 683 g/mol. The van der Waals surface area contributed by atoms with Gasteiger partial charge in [0.2, 0.25) is 5.91 Å². The summed E-state index contributed by atoms with van der Waals surface area (Å²) < 4.78 is 9.25. The summed E-state index contributed by atoms with van der Waals surface area (Å²) in [7, 11) is 1.69. The Kier molecular flexibility index (Phi) is 9.39. The van der Waals surface area contributed by atoms with Crippen molar-refractivity contribution in [2.75, 3.05) is 66.4 Å². The molecule has 0 spiro atoms. The van der Waals surface area contributed by atoms with Gasteiger partial charge in [-0.05, 0) is 80.0 Å². The quantitative estimate of drug-likeness (QED) is 0.243. The minimum Gasteiger partial charge on any atom is -0.379 e. The minimum atomic E-state index is -0.315. The van der Waals surface area contributed by atoms with Crippen LogP contribution in [0.4, 0.5) is 28.7 Å². The zero-order valence-electron chi connectivity index (χ0n) is 31.7. The largest absolute Gasteiger partial charge is 0.379 e. The fourth-order valence-corrected chi connectivity index (χ4v) is 8.73. The lowest BCUT2D eigenvalue weighted by Gasteiger charge is -2.41. The fraction of sp³-hybridized carbons (Fsp3) is 0.439. The Balaban J connectivity index is 1.04. The van der Waals surface area contributed by atoms with Crippen LogP contribution in [0.15, 0.2) is 60.2 Å². The van der Waals surface area contributed by atoms with E-state index in [1.165, 1.54) is 21.9 Å². The van der Waals surface area contributed by atoms with Gasteiger partial charge in [0, 0.05) is 87.3 Å². The second-order valence-corrected chi connectivity index (χ2v) is 15.7. The maximum Gasteiger partial charge on any atom is 0.293 e. The zero-order valence-corrected chi connectivity index (χ0v) is 31.7. The summed E-state index contributed by atoms with van der Waals surface area (Å²) in [5, 5.41) is 6.21. The predicted molar refractivity (Wildman–Crippen MR) is 211 cm³/mol. The van der Waals surface area contributed by atoms with Crippen LogP contribution in [0.1, 0.15) is 54.0 Å². The first-order valence-corrected chi connectivity index (χ1v) is 19.0. The smallest absolute Gasteiger partial charge is 0.293 e. The van der Waals surface area contributed by atoms with Crippen LogP contribution in [-0.2, 0) is 36.0 Å². The molecular formula is C41H49N9O4. The first-order chi connectivity index (χ1) is 26.0. The number of carbonyl (C=O) groups excluding carboxylic acids is 2. The number of anilines is 5. The third-order valence-corrected chi connectivity index (χ3v) is 11.5. The van der Waals surface area contributed by atoms with Crippen molar-refractivity contribution in [2.24, 2.45) is 12.5 Å². The number of aromatic nitrogens is 4. The maximum absolute atomic E-state index is 13.9. The Morgan fingerprint density at radius 3 is 2.56 bits per heavy atom. The van der Waals surface area contributed by atoms with E-state index < -0.39 is 0 Å². The highest BCUT2D eigenvalue weighted by atomic mass is 16.5. The number of rotatable bonds is 8. The van der Waals surface area contributed by atoms with Gasteiger partial charge in [0.25, 0.3) is 11.5 Å². The number of hydrogen-bond donors (Lipinski definition) is 2. The lowest BCUT2D eigenvalue weighted by Crippen LogP contribution is -2.49. The van der Waals surface area contributed by atoms with E-state index in [0.717, 1.165) is 81.9 Å². The average molecular weight is 732 g/mol. The van der Waals surface area contributed by atoms with Crippen LogP contribution in [0.3, 0.4) is 0 Å². The van der Waals surface area contributed by atoms with Gasteiger partial charge in [-0.25, -0.2) is 9.97 Å². The number of amides is 2. The summed E-state index contributed by atoms with van der Waals surface area (Å²) in [5.41, 5.74) is 7.46. The second-order valence-electron chi connectivity index (χ2n) is 15.7. The molecule has 1 aliphatic carbocycles. The molecule has 54 heavy (non-hydrogen) atoms. The number of ether oxygens (including phenoxy) is 1. The van der Waals surface area contributed by atoms with Crippen molar-refractivity contribution < 1.29 is 14.3 Å². The van der Waals surface area contributed by atoms with E-state index in [4.69, 9.17) is 9.72 Å². The number of nitrogens with one attached hydrogen (secondary N) is 2. The molecule has 4 aromatic rings. The lowest BCUT2D eigenvalue weighted by molar-refractivity contribution is -0.111. The number of hydrogen-bond acceptors (Lipinski definition) is 9. The fourth-order valence-electron chi connectivity index (χ4n) is 8.73. The second kappa shape index (κ2) is 14.2. The third kappa shape index (κ3) is 6.70. The van der Waals surface area contributed by atoms with Gasteiger partial charge in [-0.15, -0.1) is 0 Å². The predicted octanol–water partition coefficient (Wildman–Crippen LogP) is 4.91. The summed E-state index contributed by atoms with van der Waals surface area (Å²) >= 11 is 0. The van der Waals surface area contributed by atoms with Gasteiger partial charge in [0.05, 0.1) is 30.3 Å². The lowest BCUT2D eigenvalue weighted by atomic mass is 9.90. The van der Waals surface area contributed by atoms with Gasteiger partial charge in [0.1, 0.15) is 11.5 Å². The Morgan fingerprint density at radius 2 is 1.80 bits per heavy atom. The van der Waals surface area contributed by atoms with Gasteiger partial charge >= 0.3 is 0 Å². The minimum absolute atomic E-state index is 0.0544. The number of fused-ring (bicyclic) bond motifs is 3. The summed E-state index contributed by atoms with van der Waals surface area (Å²) in [5.74, 6) is 0.353. The molecule has 0 atom stereocenters. The molecule has 0 saturated carbocycles. The van der Waals surface area contributed by atoms with Crippen LogP contribution in [0, 0.1) is 12.3 Å². The molecule has 0 radical (unpaired) electrons. The van der Waals surface area contributed by atoms with Crippen molar-refractivity contribution in [1.82, 2.24) is 24.0 Å². The molecule has 282 valence electrons. The molecule has 3 aliphatic heterocycles. The van der Waals surface area contributed by atoms with Crippen LogP contribution in [0.5, 0.6) is 0 Å². The van der Waals surface area contributed by atoms with E-state index in [1.54, 1.807) is 24.3 Å². The topological polar surface area (TPSA) is 130 Å². The van der Waals surface area contributed by atoms with Crippen molar-refractivity contribution in [3.05, 3.63) is 88.2 Å². The van der Waals surface area contributed by atoms with Crippen molar-refractivity contribution in [3.8, 4) is 11.3 Å². The molecule has 6 heterocycles. The summed E-state index contributed by atoms with van der Waals surface area (Å²) in [4.78, 5) is 56.0. The van der Waals surface area contributed by atoms with E-state index in [9.17, 15) is 14.4 Å². The van der Waals surface area contributed by atoms with Crippen LogP contribution < -0.4 is 26.0 Å². The molecule has 8 rings (SSSR count). The Hall–Kier alpha value is -5.27. The highest BCUT2D eigenvalue weighted by molar-refractivity contribution is 6.06. The summed E-state index contributed by atoms with van der Waals surface area (Å²) in [6.45, 7) is 16.6. The van der Waals surface area contributed by atoms with E-state index in [-0.39, 0.29) is 28.6 Å². The van der Waals surface area contributed by atoms with Crippen molar-refractivity contribution in [2.45, 2.75) is 59.0 Å². The van der Waals surface area contributed by atoms with E-state index in [1.807, 2.05) is 31.2 Å². The molecule has 3 aromatic heterocycles. The molecule has 1 aromatic carbocycles. The number of carbonyl (C=O) groups is 2. The number of piperidine rings is 1. The van der Waals surface area contributed by atoms with E-state index in [0.29, 0.717) is 47.7 Å². The SMILES string of the molecule is C=CC(=O)Nc1cc(Nc2nc(-c3ccnc(N4CCn5c(cc6c5CC(C)(C)C6)C4=O)c3C)cn(C)c2=O)ccc1N1CCC(N2CCOCC2)CC1. The van der Waals surface area contributed by atoms with Crippen LogP contribution >= 0.6 is 0 Å². The Labute approximate surface area is 315 Å². The van der Waals surface area contributed by atoms with Gasteiger partial charge in [-0.3, -0.25) is 24.2 Å². The van der Waals surface area contributed by atoms with E-state index >= 15 is 0 Å². The highest BCUT2D eigenvalue weighted by Gasteiger charge is 2.37. The Bertz CT molecular complexity index is 2190. The van der Waals surface area contributed by atoms with Gasteiger partial charge < -0.3 is 29.4 Å². The molecule has 2 saturated heterocycles. The van der Waals surface area contributed by atoms with Crippen LogP contribution in [-0.4, -0.2) is 87.8 Å². The standard InChI is InChI=1S/C41H49N9O4/c1-6-36(51)44-31-22-28(7-8-33(31)48-13-10-29(11-14-48)47-17-19-54-20-18-47)43-37-40(53)46(5)25-32(45-37)30-9-12-42-38(26(30)2)50-16-15-49-34(39(50)52)21-27-23-41(3,4)24-35(27)49/h6-9,12,21-22,25,29H,1,10-11,13-20,23-24H2,2-5H3,(H,43,45)(H,44,51). The number of morpholine rings is 1. The molecule has 2 amide bonds. The maximum atomic E-state index is 13.9. The zero-order chi connectivity index (χ0) is 37.7. The molecule has 13 heteroatoms. The molecule has 2 N–H and O–H groups in total. The van der Waals surface area contributed by atoms with Crippen molar-refractivity contribution >= 4 is 40.5 Å². The number of nitrogens with zero attached hydrogens (tertiary/aromatic N) is 7. The van der Waals surface area contributed by atoms with Gasteiger partial charge in [-0.1, -0.05) is 20.4 Å². The van der Waals surface area contributed by atoms with Gasteiger partial charge in [-0.2, -0.15) is 0 Å². The first-order valence-electron chi connectivity index (χ1n) is 19.0. The number of aryl methyl sites for hydroxylation is 1. The van der Waals surface area contributed by atoms with Crippen LogP contribution in [0.25, 0.3) is 11.3 Å². The summed E-state index contributed by atoms with van der Waals surface area (Å²) in [6.07, 6.45) is 8.64. The number of benzene rings is 1. The molecule has 2 fully saturated rings. The molecule has 13 nitrogen and oxygen atoms in total. The molecule has 0 bridgehead atoms. The third-order valence-electron chi connectivity index (χ3n) is 11.5. The Morgan fingerprint density at radius 1 is 1.02 bits per heavy atom. The monoisotopic (exact) mass is 731 g/mol. The van der Waals surface area contributed by atoms with Crippen molar-refractivity contribution in [3.63, 3.8) is 0 Å². The summed E-state index contributed by atoms with van der Waals surface area (Å²) in [6, 6.07) is 10.2. The highest BCUT2D eigenvalue weighted by Crippen LogP contribution is 2.40. The van der Waals surface area contributed by atoms with Gasteiger partial charge in [0.15, 0.2) is 5.82 Å². The van der Waals surface area contributed by atoms with Crippen LogP contribution in [0.2, 0.25) is 0 Å². The average Bonchev–Trinajstić information content (AvgIpc) is 3.66. The number of pyridine rings is 1. The first kappa shape index (κ1) is 35.7. The normalized spacial score (nSPS) is 18.7.